The topological polar surface area (TPSA) is 79.9 Å². The number of anilines is 1. The third-order valence-corrected chi connectivity index (χ3v) is 3.37. The molecule has 1 aromatic carbocycles. The van der Waals surface area contributed by atoms with Gasteiger partial charge in [0.05, 0.1) is 12.0 Å². The molecule has 2 N–H and O–H groups in total. The van der Waals surface area contributed by atoms with E-state index in [2.05, 4.69) is 20.5 Å². The maximum absolute atomic E-state index is 11.1. The largest absolute Gasteiger partial charge is 0.476 e. The number of aryl methyl sites for hydroxylation is 1. The summed E-state index contributed by atoms with van der Waals surface area (Å²) in [6.07, 6.45) is 4.51. The summed E-state index contributed by atoms with van der Waals surface area (Å²) < 4.78 is 5.54. The second kappa shape index (κ2) is 5.05. The first kappa shape index (κ1) is 13.4. The molecule has 1 aromatic heterocycles. The molecule has 2 heterocycles. The van der Waals surface area contributed by atoms with Gasteiger partial charge >= 0.3 is 5.69 Å². The lowest BCUT2D eigenvalue weighted by Gasteiger charge is -2.26. The summed E-state index contributed by atoms with van der Waals surface area (Å²) in [5, 5.41) is 9.74. The Morgan fingerprint density at radius 2 is 2.10 bits per heavy atom. The molecular formula is C15H16N4O2. The van der Waals surface area contributed by atoms with Crippen molar-refractivity contribution in [3.63, 3.8) is 0 Å². The Morgan fingerprint density at radius 3 is 2.71 bits per heavy atom. The van der Waals surface area contributed by atoms with Crippen LogP contribution < -0.4 is 11.0 Å². The molecule has 0 spiro atoms. The van der Waals surface area contributed by atoms with E-state index >= 15 is 0 Å². The lowest BCUT2D eigenvalue weighted by molar-refractivity contribution is 0.0921. The lowest BCUT2D eigenvalue weighted by Crippen LogP contribution is -2.33. The van der Waals surface area contributed by atoms with Crippen molar-refractivity contribution >= 4 is 5.69 Å². The molecule has 0 aliphatic carbocycles. The van der Waals surface area contributed by atoms with Crippen LogP contribution in [0.4, 0.5) is 5.69 Å². The molecule has 0 amide bonds. The predicted octanol–water partition coefficient (Wildman–Crippen LogP) is 2.20. The van der Waals surface area contributed by atoms with Gasteiger partial charge in [0.15, 0.2) is 5.72 Å². The minimum Gasteiger partial charge on any atom is -0.476 e. The Kier molecular flexibility index (Phi) is 3.21. The van der Waals surface area contributed by atoms with Crippen LogP contribution in [0.1, 0.15) is 19.0 Å². The van der Waals surface area contributed by atoms with Crippen LogP contribution in [0.25, 0.3) is 11.3 Å². The van der Waals surface area contributed by atoms with E-state index in [-0.39, 0.29) is 0 Å². The van der Waals surface area contributed by atoms with Crippen molar-refractivity contribution in [1.82, 2.24) is 15.2 Å². The SMILES string of the molecule is Cc1nc(=O)[nH]nc1-c1ccc(NC2(C)CC=CO2)cc1. The van der Waals surface area contributed by atoms with Crippen LogP contribution in [0.3, 0.4) is 0 Å². The summed E-state index contributed by atoms with van der Waals surface area (Å²) >= 11 is 0. The van der Waals surface area contributed by atoms with Crippen LogP contribution in [0.15, 0.2) is 41.4 Å². The van der Waals surface area contributed by atoms with Gasteiger partial charge in [-0.3, -0.25) is 0 Å². The highest BCUT2D eigenvalue weighted by atomic mass is 16.5. The second-order valence-corrected chi connectivity index (χ2v) is 5.20. The smallest absolute Gasteiger partial charge is 0.361 e. The van der Waals surface area contributed by atoms with Crippen molar-refractivity contribution in [1.29, 1.82) is 0 Å². The van der Waals surface area contributed by atoms with Crippen molar-refractivity contribution in [2.75, 3.05) is 5.32 Å². The summed E-state index contributed by atoms with van der Waals surface area (Å²) in [5.74, 6) is 0. The van der Waals surface area contributed by atoms with Crippen molar-refractivity contribution in [3.05, 3.63) is 52.8 Å². The van der Waals surface area contributed by atoms with Gasteiger partial charge in [-0.05, 0) is 32.1 Å². The molecule has 0 radical (unpaired) electrons. The monoisotopic (exact) mass is 284 g/mol. The molecule has 6 nitrogen and oxygen atoms in total. The van der Waals surface area contributed by atoms with Gasteiger partial charge in [-0.1, -0.05) is 12.1 Å². The molecule has 0 fully saturated rings. The van der Waals surface area contributed by atoms with E-state index in [0.717, 1.165) is 17.7 Å². The number of aromatic amines is 1. The Balaban J connectivity index is 1.82. The molecular weight excluding hydrogens is 268 g/mol. The van der Waals surface area contributed by atoms with E-state index < -0.39 is 11.4 Å². The first-order valence-corrected chi connectivity index (χ1v) is 6.70. The highest BCUT2D eigenvalue weighted by molar-refractivity contribution is 5.64. The zero-order valence-electron chi connectivity index (χ0n) is 11.9. The molecule has 1 atom stereocenters. The number of benzene rings is 1. The summed E-state index contributed by atoms with van der Waals surface area (Å²) in [4.78, 5) is 14.9. The molecule has 0 saturated heterocycles. The summed E-state index contributed by atoms with van der Waals surface area (Å²) in [6, 6.07) is 7.77. The summed E-state index contributed by atoms with van der Waals surface area (Å²) in [5.41, 5.74) is 2.31. The number of rotatable bonds is 3. The molecule has 108 valence electrons. The third-order valence-electron chi connectivity index (χ3n) is 3.37. The van der Waals surface area contributed by atoms with Gasteiger partial charge in [-0.2, -0.15) is 10.1 Å². The Bertz CT molecular complexity index is 726. The first-order valence-electron chi connectivity index (χ1n) is 6.70. The summed E-state index contributed by atoms with van der Waals surface area (Å²) in [6.45, 7) is 3.77. The highest BCUT2D eigenvalue weighted by Crippen LogP contribution is 2.27. The quantitative estimate of drug-likeness (QED) is 0.903. The number of nitrogens with one attached hydrogen (secondary N) is 2. The van der Waals surface area contributed by atoms with Gasteiger partial charge in [0.1, 0.15) is 5.69 Å². The van der Waals surface area contributed by atoms with Gasteiger partial charge in [-0.25, -0.2) is 9.89 Å². The van der Waals surface area contributed by atoms with Gasteiger partial charge in [0.2, 0.25) is 0 Å². The average Bonchev–Trinajstić information content (AvgIpc) is 2.87. The van der Waals surface area contributed by atoms with E-state index in [0.29, 0.717) is 11.4 Å². The molecule has 1 unspecified atom stereocenters. The maximum atomic E-state index is 11.1. The molecule has 0 bridgehead atoms. The first-order chi connectivity index (χ1) is 10.1. The minimum absolute atomic E-state index is 0.394. The van der Waals surface area contributed by atoms with E-state index in [1.807, 2.05) is 37.3 Å². The van der Waals surface area contributed by atoms with Crippen LogP contribution in [0.5, 0.6) is 0 Å². The van der Waals surface area contributed by atoms with Crippen LogP contribution in [-0.2, 0) is 4.74 Å². The Hall–Kier alpha value is -2.63. The van der Waals surface area contributed by atoms with Crippen LogP contribution in [0.2, 0.25) is 0 Å². The normalized spacial score (nSPS) is 20.3. The molecule has 1 aliphatic heterocycles. The number of aromatic nitrogens is 3. The average molecular weight is 284 g/mol. The van der Waals surface area contributed by atoms with E-state index in [1.54, 1.807) is 13.2 Å². The predicted molar refractivity (Wildman–Crippen MR) is 79.7 cm³/mol. The van der Waals surface area contributed by atoms with E-state index in [9.17, 15) is 4.79 Å². The molecule has 6 heteroatoms. The number of H-pyrrole nitrogens is 1. The van der Waals surface area contributed by atoms with Crippen molar-refractivity contribution in [2.45, 2.75) is 26.0 Å². The van der Waals surface area contributed by atoms with Crippen molar-refractivity contribution in [2.24, 2.45) is 0 Å². The number of hydrogen-bond acceptors (Lipinski definition) is 5. The van der Waals surface area contributed by atoms with Crippen LogP contribution in [0, 0.1) is 6.92 Å². The lowest BCUT2D eigenvalue weighted by atomic mass is 10.1. The Labute approximate surface area is 121 Å². The highest BCUT2D eigenvalue weighted by Gasteiger charge is 2.26. The van der Waals surface area contributed by atoms with E-state index in [1.165, 1.54) is 0 Å². The van der Waals surface area contributed by atoms with Gasteiger partial charge < -0.3 is 10.1 Å². The fourth-order valence-corrected chi connectivity index (χ4v) is 2.30. The van der Waals surface area contributed by atoms with E-state index in [4.69, 9.17) is 4.74 Å². The van der Waals surface area contributed by atoms with Crippen LogP contribution in [-0.4, -0.2) is 20.9 Å². The zero-order chi connectivity index (χ0) is 14.9. The third kappa shape index (κ3) is 2.79. The van der Waals surface area contributed by atoms with Crippen molar-refractivity contribution < 1.29 is 4.74 Å². The molecule has 0 saturated carbocycles. The summed E-state index contributed by atoms with van der Waals surface area (Å²) in [7, 11) is 0. The standard InChI is InChI=1S/C15H16N4O2/c1-10-13(18-19-14(20)16-10)11-4-6-12(7-5-11)17-15(2)8-3-9-21-15/h3-7,9,17H,8H2,1-2H3,(H,16,19,20). The maximum Gasteiger partial charge on any atom is 0.361 e. The second-order valence-electron chi connectivity index (χ2n) is 5.20. The number of nitrogens with zero attached hydrogens (tertiary/aromatic N) is 2. The fourth-order valence-electron chi connectivity index (χ4n) is 2.30. The van der Waals surface area contributed by atoms with Gasteiger partial charge in [0, 0.05) is 17.7 Å². The van der Waals surface area contributed by atoms with Crippen LogP contribution >= 0.6 is 0 Å². The Morgan fingerprint density at radius 1 is 1.33 bits per heavy atom. The fraction of sp³-hybridized carbons (Fsp3) is 0.267. The zero-order valence-corrected chi connectivity index (χ0v) is 11.9. The number of ether oxygens (including phenoxy) is 1. The molecule has 3 rings (SSSR count). The van der Waals surface area contributed by atoms with Crippen molar-refractivity contribution in [3.8, 4) is 11.3 Å². The molecule has 2 aromatic rings. The molecule has 1 aliphatic rings. The van der Waals surface area contributed by atoms with Gasteiger partial charge in [0.25, 0.3) is 0 Å². The molecule has 21 heavy (non-hydrogen) atoms. The number of hydrogen-bond donors (Lipinski definition) is 2. The minimum atomic E-state index is -0.437. The van der Waals surface area contributed by atoms with Gasteiger partial charge in [-0.15, -0.1) is 0 Å².